The van der Waals surface area contributed by atoms with Gasteiger partial charge in [-0.05, 0) is 5.75 Å². The van der Waals surface area contributed by atoms with Crippen LogP contribution in [0.25, 0.3) is 5.69 Å². The van der Waals surface area contributed by atoms with Crippen LogP contribution in [0.3, 0.4) is 0 Å². The number of aromatic nitrogens is 2. The van der Waals surface area contributed by atoms with Crippen molar-refractivity contribution in [3.63, 3.8) is 0 Å². The van der Waals surface area contributed by atoms with Crippen molar-refractivity contribution in [3.8, 4) is 17.2 Å². The van der Waals surface area contributed by atoms with Crippen molar-refractivity contribution in [2.24, 2.45) is 0 Å². The molecule has 14 heteroatoms. The highest BCUT2D eigenvalue weighted by Crippen LogP contribution is 2.38. The Balaban J connectivity index is 0.000000215. The number of nitro groups is 3. The molecular formula is C16H11N5O9. The Morgan fingerprint density at radius 2 is 1.37 bits per heavy atom. The molecule has 2 aromatic heterocycles. The minimum Gasteiger partial charge on any atom is -0.868 e. The maximum atomic E-state index is 11.0. The molecule has 0 saturated carbocycles. The average molecular weight is 417 g/mol. The maximum absolute atomic E-state index is 11.0. The molecule has 0 radical (unpaired) electrons. The molecule has 3 aromatic rings. The van der Waals surface area contributed by atoms with E-state index in [-0.39, 0.29) is 5.75 Å². The Kier molecular flexibility index (Phi) is 6.34. The smallest absolute Gasteiger partial charge is 0.324 e. The van der Waals surface area contributed by atoms with Crippen LogP contribution in [-0.4, -0.2) is 19.9 Å². The fraction of sp³-hybridized carbons (Fsp3) is 0. The summed E-state index contributed by atoms with van der Waals surface area (Å²) in [5.74, 6) is -1.27. The third kappa shape index (κ3) is 5.10. The van der Waals surface area contributed by atoms with Gasteiger partial charge in [0.15, 0.2) is 24.8 Å². The van der Waals surface area contributed by atoms with Gasteiger partial charge in [0.1, 0.15) is 0 Å². The van der Waals surface area contributed by atoms with E-state index in [1.54, 1.807) is 29.0 Å². The van der Waals surface area contributed by atoms with E-state index in [0.717, 1.165) is 5.69 Å². The van der Waals surface area contributed by atoms with Gasteiger partial charge < -0.3 is 15.4 Å². The molecule has 3 rings (SSSR count). The standard InChI is InChI=1S/C10H8N2O2.C6H3N3O7/c13-10-2-1-5-11(8-10)9-3-6-12(14)7-4-9;10-6-4(8(13)14)1-3(7(11)12)2-5(6)9(15)16/h1-8H;1-2,10H. The lowest BCUT2D eigenvalue weighted by atomic mass is 10.2. The predicted molar refractivity (Wildman–Crippen MR) is 94.4 cm³/mol. The Labute approximate surface area is 166 Å². The number of nitro benzene ring substituents is 3. The van der Waals surface area contributed by atoms with Crippen molar-refractivity contribution in [2.45, 2.75) is 0 Å². The van der Waals surface area contributed by atoms with Crippen LogP contribution in [0.2, 0.25) is 0 Å². The third-order valence-electron chi connectivity index (χ3n) is 3.51. The van der Waals surface area contributed by atoms with Crippen LogP contribution < -0.4 is 14.4 Å². The van der Waals surface area contributed by atoms with Crippen molar-refractivity contribution in [1.82, 2.24) is 0 Å². The molecule has 1 aromatic carbocycles. The lowest BCUT2D eigenvalue weighted by Crippen LogP contribution is -2.32. The molecule has 0 aliphatic carbocycles. The molecule has 154 valence electrons. The molecule has 0 unspecified atom stereocenters. The Hall–Kier alpha value is -4.88. The number of nitrogens with zero attached hydrogens (tertiary/aromatic N) is 5. The molecule has 0 atom stereocenters. The summed E-state index contributed by atoms with van der Waals surface area (Å²) in [6.45, 7) is 0. The normalized spacial score (nSPS) is 9.87. The maximum Gasteiger partial charge on any atom is 0.324 e. The molecule has 0 fully saturated rings. The monoisotopic (exact) mass is 417 g/mol. The number of hydrogen-bond acceptors (Lipinski definition) is 9. The zero-order valence-electron chi connectivity index (χ0n) is 14.7. The van der Waals surface area contributed by atoms with E-state index in [2.05, 4.69) is 0 Å². The fourth-order valence-electron chi connectivity index (χ4n) is 2.16. The van der Waals surface area contributed by atoms with E-state index >= 15 is 0 Å². The number of phenols is 1. The zero-order chi connectivity index (χ0) is 22.4. The van der Waals surface area contributed by atoms with Crippen molar-refractivity contribution < 1.29 is 34.3 Å². The van der Waals surface area contributed by atoms with E-state index < -0.39 is 37.6 Å². The summed E-state index contributed by atoms with van der Waals surface area (Å²) in [5, 5.41) is 62.0. The first-order valence-corrected chi connectivity index (χ1v) is 7.78. The average Bonchev–Trinajstić information content (AvgIpc) is 2.68. The second-order valence-corrected chi connectivity index (χ2v) is 5.47. The summed E-state index contributed by atoms with van der Waals surface area (Å²) >= 11 is 0. The Morgan fingerprint density at radius 3 is 1.80 bits per heavy atom. The fourth-order valence-corrected chi connectivity index (χ4v) is 2.16. The number of pyridine rings is 2. The van der Waals surface area contributed by atoms with Gasteiger partial charge in [0.25, 0.3) is 11.4 Å². The molecule has 0 aliphatic rings. The summed E-state index contributed by atoms with van der Waals surface area (Å²) in [4.78, 5) is 27.8. The van der Waals surface area contributed by atoms with Crippen LogP contribution >= 0.6 is 0 Å². The van der Waals surface area contributed by atoms with E-state index in [1.807, 2.05) is 0 Å². The van der Waals surface area contributed by atoms with Gasteiger partial charge in [-0.1, -0.05) is 6.07 Å². The molecule has 0 spiro atoms. The van der Waals surface area contributed by atoms with Crippen LogP contribution in [0.4, 0.5) is 17.1 Å². The van der Waals surface area contributed by atoms with Gasteiger partial charge in [-0.2, -0.15) is 9.30 Å². The SMILES string of the molecule is O=[N+]([O-])c1cc([N+](=O)[O-])c(O)c([N+](=O)[O-])c1.[O-]c1ccc[n+](-c2cc[n+]([O-])cc2)c1. The highest BCUT2D eigenvalue weighted by atomic mass is 16.6. The first-order valence-electron chi connectivity index (χ1n) is 7.78. The minimum atomic E-state index is -1.21. The van der Waals surface area contributed by atoms with Gasteiger partial charge in [-0.3, -0.25) is 30.3 Å². The predicted octanol–water partition coefficient (Wildman–Crippen LogP) is 0.787. The van der Waals surface area contributed by atoms with Gasteiger partial charge in [0.2, 0.25) is 5.69 Å². The van der Waals surface area contributed by atoms with Gasteiger partial charge in [-0.25, -0.2) is 0 Å². The minimum absolute atomic E-state index is 0.0636. The van der Waals surface area contributed by atoms with E-state index in [4.69, 9.17) is 5.11 Å². The van der Waals surface area contributed by atoms with E-state index in [9.17, 15) is 40.7 Å². The summed E-state index contributed by atoms with van der Waals surface area (Å²) in [6.07, 6.45) is 6.00. The molecule has 2 heterocycles. The van der Waals surface area contributed by atoms with Crippen LogP contribution in [-0.2, 0) is 0 Å². The zero-order valence-corrected chi connectivity index (χ0v) is 14.7. The lowest BCUT2D eigenvalue weighted by Gasteiger charge is -2.01. The first kappa shape index (κ1) is 21.4. The van der Waals surface area contributed by atoms with Crippen molar-refractivity contribution in [1.29, 1.82) is 0 Å². The van der Waals surface area contributed by atoms with E-state index in [1.165, 1.54) is 24.7 Å². The van der Waals surface area contributed by atoms with Crippen molar-refractivity contribution >= 4 is 17.1 Å². The second-order valence-electron chi connectivity index (χ2n) is 5.47. The van der Waals surface area contributed by atoms with Crippen molar-refractivity contribution in [2.75, 3.05) is 0 Å². The Morgan fingerprint density at radius 1 is 0.833 bits per heavy atom. The topological polar surface area (TPSA) is 204 Å². The number of benzene rings is 1. The van der Waals surface area contributed by atoms with Gasteiger partial charge in [-0.15, -0.1) is 0 Å². The van der Waals surface area contributed by atoms with Crippen LogP contribution in [0.5, 0.6) is 11.5 Å². The van der Waals surface area contributed by atoms with Crippen LogP contribution in [0, 0.1) is 35.6 Å². The molecule has 0 saturated heterocycles. The number of non-ortho nitro benzene ring substituents is 1. The summed E-state index contributed by atoms with van der Waals surface area (Å²) in [7, 11) is 0. The largest absolute Gasteiger partial charge is 0.868 e. The van der Waals surface area contributed by atoms with Crippen LogP contribution in [0.15, 0.2) is 61.2 Å². The van der Waals surface area contributed by atoms with Crippen molar-refractivity contribution in [3.05, 3.63) is 96.7 Å². The second kappa shape index (κ2) is 8.87. The van der Waals surface area contributed by atoms with E-state index in [0.29, 0.717) is 16.9 Å². The Bertz CT molecular complexity index is 1080. The first-order chi connectivity index (χ1) is 14.1. The highest BCUT2D eigenvalue weighted by Gasteiger charge is 2.30. The number of phenolic OH excluding ortho intramolecular Hbond substituents is 1. The van der Waals surface area contributed by atoms with Crippen LogP contribution in [0.1, 0.15) is 0 Å². The summed E-state index contributed by atoms with van der Waals surface area (Å²) in [5.41, 5.74) is -2.21. The molecule has 0 amide bonds. The number of hydrogen-bond donors (Lipinski definition) is 1. The summed E-state index contributed by atoms with van der Waals surface area (Å²) in [6, 6.07) is 7.33. The third-order valence-corrected chi connectivity index (χ3v) is 3.51. The van der Waals surface area contributed by atoms with Gasteiger partial charge in [0, 0.05) is 6.07 Å². The molecule has 0 bridgehead atoms. The summed E-state index contributed by atoms with van der Waals surface area (Å²) < 4.78 is 2.37. The number of aromatic hydroxyl groups is 1. The number of rotatable bonds is 4. The highest BCUT2D eigenvalue weighted by molar-refractivity contribution is 5.64. The molecule has 0 aliphatic heterocycles. The quantitative estimate of drug-likeness (QED) is 0.275. The molecular weight excluding hydrogens is 406 g/mol. The van der Waals surface area contributed by atoms with Gasteiger partial charge >= 0.3 is 11.4 Å². The van der Waals surface area contributed by atoms with Gasteiger partial charge in [0.05, 0.1) is 39.0 Å². The molecule has 1 N–H and O–H groups in total. The molecule has 14 nitrogen and oxygen atoms in total. The molecule has 30 heavy (non-hydrogen) atoms. The lowest BCUT2D eigenvalue weighted by molar-refractivity contribution is -0.617.